The van der Waals surface area contributed by atoms with E-state index >= 15 is 0 Å². The number of rotatable bonds is 4. The van der Waals surface area contributed by atoms with Crippen LogP contribution in [0.1, 0.15) is 31.1 Å². The van der Waals surface area contributed by atoms with Crippen molar-refractivity contribution in [3.05, 3.63) is 35.6 Å². The van der Waals surface area contributed by atoms with Gasteiger partial charge < -0.3 is 10.0 Å². The van der Waals surface area contributed by atoms with Crippen LogP contribution in [0.15, 0.2) is 24.3 Å². The quantitative estimate of drug-likeness (QED) is 0.894. The van der Waals surface area contributed by atoms with Gasteiger partial charge in [-0.05, 0) is 32.9 Å². The van der Waals surface area contributed by atoms with Crippen LogP contribution in [-0.2, 0) is 4.79 Å². The summed E-state index contributed by atoms with van der Waals surface area (Å²) in [4.78, 5) is 24.5. The Hall–Kier alpha value is -1.91. The Kier molecular flexibility index (Phi) is 4.06. The van der Waals surface area contributed by atoms with E-state index in [0.29, 0.717) is 0 Å². The highest BCUT2D eigenvalue weighted by Crippen LogP contribution is 2.19. The highest BCUT2D eigenvalue weighted by Gasteiger charge is 2.37. The van der Waals surface area contributed by atoms with Crippen molar-refractivity contribution in [2.75, 3.05) is 6.54 Å². The summed E-state index contributed by atoms with van der Waals surface area (Å²) in [5, 5.41) is 9.12. The Morgan fingerprint density at radius 1 is 1.33 bits per heavy atom. The Bertz CT molecular complexity index is 471. The van der Waals surface area contributed by atoms with E-state index < -0.39 is 23.2 Å². The topological polar surface area (TPSA) is 57.6 Å². The maximum Gasteiger partial charge on any atom is 0.329 e. The first kappa shape index (κ1) is 14.2. The Morgan fingerprint density at radius 2 is 1.89 bits per heavy atom. The van der Waals surface area contributed by atoms with E-state index in [2.05, 4.69) is 0 Å². The number of nitrogens with zero attached hydrogens (tertiary/aromatic N) is 1. The number of likely N-dealkylation sites (N-methyl/N-ethyl adjacent to an activating group) is 1. The molecule has 0 fully saturated rings. The first-order chi connectivity index (χ1) is 8.32. The normalized spacial score (nSPS) is 11.1. The molecule has 0 bridgehead atoms. The second-order valence-corrected chi connectivity index (χ2v) is 4.39. The molecule has 98 valence electrons. The average molecular weight is 253 g/mol. The van der Waals surface area contributed by atoms with Crippen molar-refractivity contribution in [1.29, 1.82) is 0 Å². The molecule has 0 aliphatic rings. The molecule has 5 heteroatoms. The van der Waals surface area contributed by atoms with E-state index in [0.717, 1.165) is 4.90 Å². The summed E-state index contributed by atoms with van der Waals surface area (Å²) in [5.41, 5.74) is -1.50. The first-order valence-electron chi connectivity index (χ1n) is 5.62. The summed E-state index contributed by atoms with van der Waals surface area (Å²) < 4.78 is 13.5. The fraction of sp³-hybridized carbons (Fsp3) is 0.385. The molecule has 0 saturated carbocycles. The van der Waals surface area contributed by atoms with Crippen LogP contribution in [0.3, 0.4) is 0 Å². The van der Waals surface area contributed by atoms with Gasteiger partial charge in [-0.15, -0.1) is 0 Å². The van der Waals surface area contributed by atoms with Gasteiger partial charge in [0.05, 0.1) is 5.56 Å². The van der Waals surface area contributed by atoms with Gasteiger partial charge in [-0.25, -0.2) is 9.18 Å². The number of aliphatic carboxylic acids is 1. The summed E-state index contributed by atoms with van der Waals surface area (Å²) in [7, 11) is 0. The van der Waals surface area contributed by atoms with Crippen LogP contribution in [0.5, 0.6) is 0 Å². The Morgan fingerprint density at radius 3 is 2.33 bits per heavy atom. The number of carbonyl (C=O) groups excluding carboxylic acids is 1. The van der Waals surface area contributed by atoms with E-state index in [9.17, 15) is 14.0 Å². The van der Waals surface area contributed by atoms with Crippen molar-refractivity contribution in [2.24, 2.45) is 0 Å². The standard InChI is InChI=1S/C13H16FNO3/c1-4-15(13(2,3)12(17)18)11(16)9-7-5-6-8-10(9)14/h5-8H,4H2,1-3H3,(H,17,18). The molecule has 0 aliphatic carbocycles. The van der Waals surface area contributed by atoms with Crippen molar-refractivity contribution in [3.8, 4) is 0 Å². The van der Waals surface area contributed by atoms with Crippen LogP contribution in [-0.4, -0.2) is 34.0 Å². The zero-order chi connectivity index (χ0) is 13.9. The molecule has 18 heavy (non-hydrogen) atoms. The van der Waals surface area contributed by atoms with Crippen molar-refractivity contribution in [2.45, 2.75) is 26.3 Å². The lowest BCUT2D eigenvalue weighted by Crippen LogP contribution is -2.53. The summed E-state index contributed by atoms with van der Waals surface area (Å²) in [6.07, 6.45) is 0. The van der Waals surface area contributed by atoms with E-state index in [1.165, 1.54) is 38.1 Å². The van der Waals surface area contributed by atoms with Gasteiger partial charge in [-0.3, -0.25) is 4.79 Å². The number of hydrogen-bond donors (Lipinski definition) is 1. The molecule has 1 amide bonds. The van der Waals surface area contributed by atoms with E-state index in [1.807, 2.05) is 0 Å². The van der Waals surface area contributed by atoms with Crippen molar-refractivity contribution in [3.63, 3.8) is 0 Å². The molecule has 1 aromatic carbocycles. The molecule has 0 aliphatic heterocycles. The van der Waals surface area contributed by atoms with Crippen molar-refractivity contribution >= 4 is 11.9 Å². The fourth-order valence-corrected chi connectivity index (χ4v) is 1.69. The minimum absolute atomic E-state index is 0.117. The van der Waals surface area contributed by atoms with E-state index in [4.69, 9.17) is 5.11 Å². The van der Waals surface area contributed by atoms with Crippen LogP contribution < -0.4 is 0 Å². The molecule has 0 spiro atoms. The van der Waals surface area contributed by atoms with Gasteiger partial charge in [0.25, 0.3) is 5.91 Å². The second kappa shape index (κ2) is 5.16. The minimum atomic E-state index is -1.38. The van der Waals surface area contributed by atoms with Gasteiger partial charge in [-0.1, -0.05) is 12.1 Å². The van der Waals surface area contributed by atoms with E-state index in [1.54, 1.807) is 6.92 Å². The molecular weight excluding hydrogens is 237 g/mol. The predicted molar refractivity (Wildman–Crippen MR) is 64.8 cm³/mol. The summed E-state index contributed by atoms with van der Waals surface area (Å²) in [5.74, 6) is -2.40. The molecule has 1 rings (SSSR count). The Balaban J connectivity index is 3.16. The summed E-state index contributed by atoms with van der Waals surface area (Å²) in [6.45, 7) is 4.67. The molecule has 0 unspecified atom stereocenters. The van der Waals surface area contributed by atoms with Crippen molar-refractivity contribution < 1.29 is 19.1 Å². The van der Waals surface area contributed by atoms with Gasteiger partial charge in [0.2, 0.25) is 0 Å². The van der Waals surface area contributed by atoms with E-state index in [-0.39, 0.29) is 12.1 Å². The number of carboxylic acids is 1. The summed E-state index contributed by atoms with van der Waals surface area (Å²) in [6, 6.07) is 5.54. The SMILES string of the molecule is CCN(C(=O)c1ccccc1F)C(C)(C)C(=O)O. The lowest BCUT2D eigenvalue weighted by atomic mass is 10.0. The molecule has 0 heterocycles. The number of halogens is 1. The third kappa shape index (κ3) is 2.50. The Labute approximate surface area is 105 Å². The molecule has 0 radical (unpaired) electrons. The van der Waals surface area contributed by atoms with Gasteiger partial charge in [0.15, 0.2) is 0 Å². The highest BCUT2D eigenvalue weighted by molar-refractivity contribution is 5.97. The number of hydrogen-bond acceptors (Lipinski definition) is 2. The average Bonchev–Trinajstić information content (AvgIpc) is 2.29. The zero-order valence-corrected chi connectivity index (χ0v) is 10.6. The molecule has 4 nitrogen and oxygen atoms in total. The van der Waals surface area contributed by atoms with Crippen LogP contribution in [0.25, 0.3) is 0 Å². The van der Waals surface area contributed by atoms with Gasteiger partial charge >= 0.3 is 5.97 Å². The minimum Gasteiger partial charge on any atom is -0.480 e. The molecular formula is C13H16FNO3. The monoisotopic (exact) mass is 253 g/mol. The molecule has 0 aromatic heterocycles. The van der Waals surface area contributed by atoms with Gasteiger partial charge in [0, 0.05) is 6.54 Å². The smallest absolute Gasteiger partial charge is 0.329 e. The largest absolute Gasteiger partial charge is 0.480 e. The van der Waals surface area contributed by atoms with Gasteiger partial charge in [-0.2, -0.15) is 0 Å². The van der Waals surface area contributed by atoms with Crippen LogP contribution in [0, 0.1) is 5.82 Å². The zero-order valence-electron chi connectivity index (χ0n) is 10.6. The molecule has 0 atom stereocenters. The number of carbonyl (C=O) groups is 2. The van der Waals surface area contributed by atoms with Gasteiger partial charge in [0.1, 0.15) is 11.4 Å². The number of amides is 1. The maximum atomic E-state index is 13.5. The number of benzene rings is 1. The van der Waals surface area contributed by atoms with Crippen LogP contribution in [0.4, 0.5) is 4.39 Å². The number of carboxylic acid groups (broad SMARTS) is 1. The molecule has 1 N–H and O–H groups in total. The second-order valence-electron chi connectivity index (χ2n) is 4.39. The predicted octanol–water partition coefficient (Wildman–Crippen LogP) is 2.15. The summed E-state index contributed by atoms with van der Waals surface area (Å²) >= 11 is 0. The van der Waals surface area contributed by atoms with Crippen molar-refractivity contribution in [1.82, 2.24) is 4.90 Å². The maximum absolute atomic E-state index is 13.5. The highest BCUT2D eigenvalue weighted by atomic mass is 19.1. The lowest BCUT2D eigenvalue weighted by Gasteiger charge is -2.34. The first-order valence-corrected chi connectivity index (χ1v) is 5.62. The third-order valence-electron chi connectivity index (χ3n) is 2.86. The lowest BCUT2D eigenvalue weighted by molar-refractivity contribution is -0.147. The van der Waals surface area contributed by atoms with Crippen LogP contribution >= 0.6 is 0 Å². The third-order valence-corrected chi connectivity index (χ3v) is 2.86. The molecule has 0 saturated heterocycles. The fourth-order valence-electron chi connectivity index (χ4n) is 1.69. The molecule has 1 aromatic rings. The van der Waals surface area contributed by atoms with Crippen LogP contribution in [0.2, 0.25) is 0 Å².